The van der Waals surface area contributed by atoms with Gasteiger partial charge in [0.15, 0.2) is 0 Å². The first-order valence-electron chi connectivity index (χ1n) is 10.7. The number of allylic oxidation sites excluding steroid dienone is 2. The summed E-state index contributed by atoms with van der Waals surface area (Å²) in [5.41, 5.74) is 1.42. The predicted octanol–water partition coefficient (Wildman–Crippen LogP) is 7.20. The van der Waals surface area contributed by atoms with E-state index >= 15 is 0 Å². The van der Waals surface area contributed by atoms with Crippen LogP contribution >= 0.6 is 0 Å². The molecule has 0 spiro atoms. The highest BCUT2D eigenvalue weighted by Crippen LogP contribution is 2.23. The van der Waals surface area contributed by atoms with Crippen molar-refractivity contribution in [3.05, 3.63) is 23.8 Å². The molecule has 2 nitrogen and oxygen atoms in total. The van der Waals surface area contributed by atoms with Gasteiger partial charge in [-0.2, -0.15) is 0 Å². The molecular weight excluding hydrogens is 306 g/mol. The Balaban J connectivity index is -0.000000464. The Morgan fingerprint density at radius 2 is 1.60 bits per heavy atom. The maximum absolute atomic E-state index is 11.4. The zero-order valence-electron chi connectivity index (χ0n) is 19.0. The number of hydrogen-bond donors (Lipinski definition) is 0. The van der Waals surface area contributed by atoms with Crippen LogP contribution in [-0.2, 0) is 4.79 Å². The number of hydrogen-bond acceptors (Lipinski definition) is 2. The summed E-state index contributed by atoms with van der Waals surface area (Å²) >= 11 is 0. The number of nitrogens with zero attached hydrogens (tertiary/aromatic N) is 1. The first-order chi connectivity index (χ1) is 12.1. The number of rotatable bonds is 2. The van der Waals surface area contributed by atoms with E-state index in [0.29, 0.717) is 17.9 Å². The van der Waals surface area contributed by atoms with Crippen molar-refractivity contribution >= 4 is 5.78 Å². The fourth-order valence-corrected chi connectivity index (χ4v) is 2.73. The summed E-state index contributed by atoms with van der Waals surface area (Å²) in [5, 5.41) is 0. The summed E-state index contributed by atoms with van der Waals surface area (Å²) in [6.45, 7) is 21.6. The molecule has 150 valence electrons. The van der Waals surface area contributed by atoms with Gasteiger partial charge in [0, 0.05) is 31.5 Å². The van der Waals surface area contributed by atoms with Crippen molar-refractivity contribution in [1.29, 1.82) is 0 Å². The molecular formula is C23H47NO. The van der Waals surface area contributed by atoms with Crippen molar-refractivity contribution in [3.8, 4) is 0 Å². The molecule has 25 heavy (non-hydrogen) atoms. The molecule has 2 rings (SSSR count). The number of carbonyl (C=O) groups is 1. The fourth-order valence-electron chi connectivity index (χ4n) is 2.73. The Morgan fingerprint density at radius 1 is 1.08 bits per heavy atom. The molecule has 0 aromatic rings. The summed E-state index contributed by atoms with van der Waals surface area (Å²) in [5.74, 6) is 0.420. The smallest absolute Gasteiger partial charge is 0.135 e. The molecule has 0 saturated carbocycles. The largest absolute Gasteiger partial charge is 0.300 e. The minimum Gasteiger partial charge on any atom is -0.300 e. The van der Waals surface area contributed by atoms with Crippen LogP contribution in [0.2, 0.25) is 0 Å². The van der Waals surface area contributed by atoms with E-state index < -0.39 is 0 Å². The molecule has 1 aliphatic heterocycles. The lowest BCUT2D eigenvalue weighted by molar-refractivity contribution is -0.123. The summed E-state index contributed by atoms with van der Waals surface area (Å²) in [6, 6.07) is 0.854. The van der Waals surface area contributed by atoms with Crippen molar-refractivity contribution in [2.24, 2.45) is 0 Å². The molecule has 1 unspecified atom stereocenters. The van der Waals surface area contributed by atoms with E-state index in [4.69, 9.17) is 0 Å². The van der Waals surface area contributed by atoms with E-state index in [1.165, 1.54) is 18.4 Å². The van der Waals surface area contributed by atoms with E-state index in [1.807, 2.05) is 41.5 Å². The Hall–Kier alpha value is -0.890. The van der Waals surface area contributed by atoms with Crippen molar-refractivity contribution < 1.29 is 4.79 Å². The second kappa shape index (κ2) is 21.2. The molecule has 0 radical (unpaired) electrons. The third-order valence-corrected chi connectivity index (χ3v) is 3.74. The number of carbonyl (C=O) groups excluding carboxylic acids is 1. The van der Waals surface area contributed by atoms with Gasteiger partial charge in [-0.15, -0.1) is 0 Å². The molecule has 0 aromatic carbocycles. The molecule has 2 aliphatic rings. The molecule has 1 fully saturated rings. The van der Waals surface area contributed by atoms with Gasteiger partial charge in [-0.1, -0.05) is 80.0 Å². The second-order valence-corrected chi connectivity index (χ2v) is 5.65. The molecule has 1 saturated heterocycles. The van der Waals surface area contributed by atoms with Gasteiger partial charge < -0.3 is 0 Å². The highest BCUT2D eigenvalue weighted by atomic mass is 16.1. The third-order valence-electron chi connectivity index (χ3n) is 3.74. The Labute approximate surface area is 159 Å². The molecule has 1 heterocycles. The minimum atomic E-state index is 0.396. The number of piperidine rings is 1. The van der Waals surface area contributed by atoms with E-state index in [9.17, 15) is 4.79 Å². The van der Waals surface area contributed by atoms with Crippen LogP contribution in [0.3, 0.4) is 0 Å². The molecule has 2 atom stereocenters. The van der Waals surface area contributed by atoms with Crippen LogP contribution in [0.4, 0.5) is 0 Å². The van der Waals surface area contributed by atoms with E-state index in [-0.39, 0.29) is 0 Å². The summed E-state index contributed by atoms with van der Waals surface area (Å²) in [4.78, 5) is 13.8. The molecule has 0 N–H and O–H groups in total. The van der Waals surface area contributed by atoms with Crippen molar-refractivity contribution in [3.63, 3.8) is 0 Å². The average Bonchev–Trinajstić information content (AvgIpc) is 2.67. The Morgan fingerprint density at radius 3 is 2.00 bits per heavy atom. The highest BCUT2D eigenvalue weighted by molar-refractivity contribution is 5.79. The summed E-state index contributed by atoms with van der Waals surface area (Å²) in [7, 11) is 0. The molecule has 0 aromatic heterocycles. The fraction of sp³-hybridized carbons (Fsp3) is 0.783. The molecule has 2 heteroatoms. The van der Waals surface area contributed by atoms with Gasteiger partial charge in [-0.05, 0) is 32.3 Å². The van der Waals surface area contributed by atoms with E-state index in [2.05, 4.69) is 50.8 Å². The van der Waals surface area contributed by atoms with Crippen LogP contribution in [0, 0.1) is 0 Å². The van der Waals surface area contributed by atoms with Crippen LogP contribution < -0.4 is 0 Å². The summed E-state index contributed by atoms with van der Waals surface area (Å²) < 4.78 is 0. The van der Waals surface area contributed by atoms with Crippen LogP contribution in [0.15, 0.2) is 23.8 Å². The topological polar surface area (TPSA) is 20.3 Å². The molecule has 0 amide bonds. The van der Waals surface area contributed by atoms with Gasteiger partial charge >= 0.3 is 0 Å². The number of Topliss-reactive ketones (excluding diaryl/α,β-unsaturated/α-hetero) is 1. The lowest BCUT2D eigenvalue weighted by Gasteiger charge is -2.38. The zero-order valence-corrected chi connectivity index (χ0v) is 19.0. The van der Waals surface area contributed by atoms with Gasteiger partial charge in [-0.25, -0.2) is 0 Å². The van der Waals surface area contributed by atoms with E-state index in [1.54, 1.807) is 0 Å². The highest BCUT2D eigenvalue weighted by Gasteiger charge is 2.28. The van der Waals surface area contributed by atoms with Crippen LogP contribution in [-0.4, -0.2) is 29.3 Å². The Kier molecular flexibility index (Phi) is 24.4. The standard InChI is InChI=1S/C14H21NO.C3H8.3C2H6/c1-11-10-14(16)8-9-15(11)12(2)13-6-4-3-5-7-13;1-3-2;3*1-2/h4,6-7,11-12H,3,5,8-10H2,1-2H3;3H2,1-2H3;3*1-2H3/t11?,12-;;;;/m0..../s1. The van der Waals surface area contributed by atoms with Gasteiger partial charge in [0.2, 0.25) is 0 Å². The third kappa shape index (κ3) is 13.0. The lowest BCUT2D eigenvalue weighted by Crippen LogP contribution is -2.46. The molecule has 1 aliphatic carbocycles. The van der Waals surface area contributed by atoms with E-state index in [0.717, 1.165) is 25.8 Å². The number of ketones is 1. The second-order valence-electron chi connectivity index (χ2n) is 5.65. The SMILES string of the molecule is CC.CC.CC.CC1CC(=O)CCN1[C@@H](C)C1=CCCC=C1.CCC. The normalized spacial score (nSPS) is 20.0. The Bertz CT molecular complexity index is 344. The first-order valence-corrected chi connectivity index (χ1v) is 10.7. The molecule has 0 bridgehead atoms. The maximum atomic E-state index is 11.4. The van der Waals surface area contributed by atoms with Gasteiger partial charge in [0.05, 0.1) is 0 Å². The lowest BCUT2D eigenvalue weighted by atomic mass is 9.95. The van der Waals surface area contributed by atoms with Crippen LogP contribution in [0.1, 0.15) is 101 Å². The van der Waals surface area contributed by atoms with Gasteiger partial charge in [-0.3, -0.25) is 9.69 Å². The first kappa shape index (κ1) is 28.9. The minimum absolute atomic E-state index is 0.396. The monoisotopic (exact) mass is 353 g/mol. The van der Waals surface area contributed by atoms with Crippen molar-refractivity contribution in [1.82, 2.24) is 4.90 Å². The number of likely N-dealkylation sites (tertiary alicyclic amines) is 1. The van der Waals surface area contributed by atoms with Gasteiger partial charge in [0.1, 0.15) is 5.78 Å². The van der Waals surface area contributed by atoms with Crippen LogP contribution in [0.25, 0.3) is 0 Å². The van der Waals surface area contributed by atoms with Gasteiger partial charge in [0.25, 0.3) is 0 Å². The average molecular weight is 354 g/mol. The van der Waals surface area contributed by atoms with Crippen molar-refractivity contribution in [2.45, 2.75) is 113 Å². The summed E-state index contributed by atoms with van der Waals surface area (Å²) in [6.07, 6.45) is 11.9. The predicted molar refractivity (Wildman–Crippen MR) is 116 cm³/mol. The van der Waals surface area contributed by atoms with Crippen molar-refractivity contribution in [2.75, 3.05) is 6.54 Å². The van der Waals surface area contributed by atoms with Crippen LogP contribution in [0.5, 0.6) is 0 Å². The zero-order chi connectivity index (χ0) is 20.3. The maximum Gasteiger partial charge on any atom is 0.135 e. The quantitative estimate of drug-likeness (QED) is 0.523.